The molecule has 1 fully saturated rings. The van der Waals surface area contributed by atoms with Gasteiger partial charge in [-0.05, 0) is 59.2 Å². The molecule has 38 heavy (non-hydrogen) atoms. The SMILES string of the molecule is NC(=O)Cc1cc(-c2ccccc2)cc2c(C3CCN(S(=O)(=O)c4csc(-c5ccon5)c4)CC3)c[nH]c12. The summed E-state index contributed by atoms with van der Waals surface area (Å²) in [5.41, 5.74) is 11.2. The van der Waals surface area contributed by atoms with E-state index >= 15 is 0 Å². The van der Waals surface area contributed by atoms with Gasteiger partial charge in [-0.3, -0.25) is 4.79 Å². The molecule has 0 spiro atoms. The maximum atomic E-state index is 13.4. The van der Waals surface area contributed by atoms with Crippen LogP contribution in [0.4, 0.5) is 0 Å². The highest BCUT2D eigenvalue weighted by atomic mass is 32.2. The Hall–Kier alpha value is -3.73. The molecule has 2 aromatic carbocycles. The fraction of sp³-hybridized carbons (Fsp3) is 0.214. The van der Waals surface area contributed by atoms with E-state index < -0.39 is 10.0 Å². The van der Waals surface area contributed by atoms with Crippen LogP contribution < -0.4 is 5.73 Å². The fourth-order valence-electron chi connectivity index (χ4n) is 5.27. The highest BCUT2D eigenvalue weighted by molar-refractivity contribution is 7.89. The number of primary amides is 1. The molecule has 4 heterocycles. The lowest BCUT2D eigenvalue weighted by Gasteiger charge is -2.31. The Balaban J connectivity index is 1.26. The number of carbonyl (C=O) groups excluding carboxylic acids is 1. The van der Waals surface area contributed by atoms with Crippen molar-refractivity contribution in [2.24, 2.45) is 5.73 Å². The molecule has 5 aromatic rings. The zero-order valence-corrected chi connectivity index (χ0v) is 22.1. The zero-order chi connectivity index (χ0) is 26.3. The largest absolute Gasteiger partial charge is 0.369 e. The average molecular weight is 547 g/mol. The number of benzene rings is 2. The van der Waals surface area contributed by atoms with Crippen LogP contribution in [0.1, 0.15) is 29.9 Å². The summed E-state index contributed by atoms with van der Waals surface area (Å²) in [5.74, 6) is -0.192. The summed E-state index contributed by atoms with van der Waals surface area (Å²) in [5, 5.41) is 6.62. The molecule has 3 N–H and O–H groups in total. The molecule has 0 bridgehead atoms. The minimum Gasteiger partial charge on any atom is -0.369 e. The average Bonchev–Trinajstić information content (AvgIpc) is 3.70. The van der Waals surface area contributed by atoms with Crippen molar-refractivity contribution < 1.29 is 17.7 Å². The van der Waals surface area contributed by atoms with E-state index in [1.807, 2.05) is 42.6 Å². The number of hydrogen-bond donors (Lipinski definition) is 2. The maximum Gasteiger partial charge on any atom is 0.243 e. The molecule has 1 saturated heterocycles. The van der Waals surface area contributed by atoms with E-state index in [4.69, 9.17) is 10.3 Å². The number of aromatic nitrogens is 2. The minimum atomic E-state index is -3.60. The van der Waals surface area contributed by atoms with Crippen LogP contribution in [0.5, 0.6) is 0 Å². The van der Waals surface area contributed by atoms with Gasteiger partial charge in [-0.1, -0.05) is 35.5 Å². The molecular formula is C28H26N4O4S2. The van der Waals surface area contributed by atoms with Crippen LogP contribution in [-0.4, -0.2) is 41.9 Å². The van der Waals surface area contributed by atoms with Crippen molar-refractivity contribution in [2.75, 3.05) is 13.1 Å². The number of aromatic amines is 1. The van der Waals surface area contributed by atoms with Crippen LogP contribution in [0.2, 0.25) is 0 Å². The van der Waals surface area contributed by atoms with Crippen LogP contribution in [-0.2, 0) is 21.2 Å². The summed E-state index contributed by atoms with van der Waals surface area (Å²) in [6.45, 7) is 0.864. The third kappa shape index (κ3) is 4.55. The normalized spacial score (nSPS) is 15.3. The molecule has 0 saturated carbocycles. The standard InChI is InChI=1S/C28H26N4O4S2/c29-27(33)14-21-12-20(18-4-2-1-3-5-18)13-23-24(16-30-28(21)23)19-6-9-32(10-7-19)38(34,35)22-15-26(37-17-22)25-8-11-36-31-25/h1-5,8,11-13,15-17,19,30H,6-7,9-10,14H2,(H2,29,33). The second kappa shape index (κ2) is 9.86. The van der Waals surface area contributed by atoms with E-state index in [2.05, 4.69) is 16.2 Å². The number of sulfonamides is 1. The van der Waals surface area contributed by atoms with Gasteiger partial charge in [0.2, 0.25) is 15.9 Å². The molecule has 0 radical (unpaired) electrons. The lowest BCUT2D eigenvalue weighted by atomic mass is 9.88. The summed E-state index contributed by atoms with van der Waals surface area (Å²) >= 11 is 1.34. The number of rotatable bonds is 7. The summed E-state index contributed by atoms with van der Waals surface area (Å²) in [4.78, 5) is 16.2. The predicted octanol–water partition coefficient (Wildman–Crippen LogP) is 5.15. The first-order valence-corrected chi connectivity index (χ1v) is 14.7. The number of amides is 1. The second-order valence-corrected chi connectivity index (χ2v) is 12.4. The van der Waals surface area contributed by atoms with Gasteiger partial charge in [0, 0.05) is 41.6 Å². The molecule has 1 amide bonds. The summed E-state index contributed by atoms with van der Waals surface area (Å²) in [6.07, 6.45) is 5.02. The number of thiophene rings is 1. The topological polar surface area (TPSA) is 122 Å². The van der Waals surface area contributed by atoms with Gasteiger partial charge in [0.15, 0.2) is 0 Å². The van der Waals surface area contributed by atoms with Crippen molar-refractivity contribution in [3.8, 4) is 21.7 Å². The highest BCUT2D eigenvalue weighted by Crippen LogP contribution is 2.38. The van der Waals surface area contributed by atoms with Crippen molar-refractivity contribution in [3.63, 3.8) is 0 Å². The van der Waals surface area contributed by atoms with Crippen molar-refractivity contribution >= 4 is 38.2 Å². The van der Waals surface area contributed by atoms with E-state index in [1.165, 1.54) is 17.6 Å². The fourth-order valence-corrected chi connectivity index (χ4v) is 7.97. The molecule has 0 aliphatic carbocycles. The lowest BCUT2D eigenvalue weighted by Crippen LogP contribution is -2.37. The first kappa shape index (κ1) is 24.6. The van der Waals surface area contributed by atoms with Crippen LogP contribution >= 0.6 is 11.3 Å². The molecule has 1 aliphatic heterocycles. The number of H-pyrrole nitrogens is 1. The van der Waals surface area contributed by atoms with Gasteiger partial charge in [-0.15, -0.1) is 11.3 Å². The Morgan fingerprint density at radius 3 is 2.61 bits per heavy atom. The molecule has 194 valence electrons. The Morgan fingerprint density at radius 1 is 1.11 bits per heavy atom. The molecular weight excluding hydrogens is 520 g/mol. The highest BCUT2D eigenvalue weighted by Gasteiger charge is 2.32. The first-order valence-electron chi connectivity index (χ1n) is 12.4. The molecule has 1 aliphatic rings. The summed E-state index contributed by atoms with van der Waals surface area (Å²) in [7, 11) is -3.60. The number of hydrogen-bond acceptors (Lipinski definition) is 6. The Labute approximate surface area is 224 Å². The third-order valence-corrected chi connectivity index (χ3v) is 10.2. The number of fused-ring (bicyclic) bond motifs is 1. The van der Waals surface area contributed by atoms with E-state index in [1.54, 1.807) is 21.8 Å². The van der Waals surface area contributed by atoms with Gasteiger partial charge in [0.05, 0.1) is 16.2 Å². The molecule has 0 atom stereocenters. The van der Waals surface area contributed by atoms with Gasteiger partial charge >= 0.3 is 0 Å². The number of piperidine rings is 1. The second-order valence-electron chi connectivity index (χ2n) is 9.52. The van der Waals surface area contributed by atoms with E-state index in [-0.39, 0.29) is 23.1 Å². The van der Waals surface area contributed by atoms with E-state index in [0.29, 0.717) is 31.6 Å². The van der Waals surface area contributed by atoms with Crippen LogP contribution in [0.15, 0.2) is 81.9 Å². The number of nitrogens with zero attached hydrogens (tertiary/aromatic N) is 2. The third-order valence-electron chi connectivity index (χ3n) is 7.17. The van der Waals surface area contributed by atoms with Gasteiger partial charge < -0.3 is 15.2 Å². The molecule has 3 aromatic heterocycles. The van der Waals surface area contributed by atoms with Crippen LogP contribution in [0.3, 0.4) is 0 Å². The first-order chi connectivity index (χ1) is 18.4. The van der Waals surface area contributed by atoms with Gasteiger partial charge in [-0.2, -0.15) is 4.31 Å². The van der Waals surface area contributed by atoms with Crippen molar-refractivity contribution in [2.45, 2.75) is 30.1 Å². The molecule has 0 unspecified atom stereocenters. The van der Waals surface area contributed by atoms with E-state index in [0.717, 1.165) is 38.0 Å². The van der Waals surface area contributed by atoms with Crippen molar-refractivity contribution in [1.29, 1.82) is 0 Å². The van der Waals surface area contributed by atoms with Gasteiger partial charge in [-0.25, -0.2) is 8.42 Å². The van der Waals surface area contributed by atoms with Crippen molar-refractivity contribution in [1.82, 2.24) is 14.4 Å². The number of carbonyl (C=O) groups is 1. The smallest absolute Gasteiger partial charge is 0.243 e. The van der Waals surface area contributed by atoms with E-state index in [9.17, 15) is 13.2 Å². The predicted molar refractivity (Wildman–Crippen MR) is 147 cm³/mol. The molecule has 10 heteroatoms. The lowest BCUT2D eigenvalue weighted by molar-refractivity contribution is -0.117. The van der Waals surface area contributed by atoms with Gasteiger partial charge in [0.1, 0.15) is 12.0 Å². The van der Waals surface area contributed by atoms with Gasteiger partial charge in [0.25, 0.3) is 0 Å². The number of nitrogens with two attached hydrogens (primary N) is 1. The summed E-state index contributed by atoms with van der Waals surface area (Å²) in [6, 6.07) is 17.6. The summed E-state index contributed by atoms with van der Waals surface area (Å²) < 4.78 is 33.2. The quantitative estimate of drug-likeness (QED) is 0.292. The Kier molecular flexibility index (Phi) is 6.38. The van der Waals surface area contributed by atoms with Crippen LogP contribution in [0, 0.1) is 0 Å². The maximum absolute atomic E-state index is 13.4. The molecule has 6 rings (SSSR count). The monoisotopic (exact) mass is 546 g/mol. The minimum absolute atomic E-state index is 0.144. The Morgan fingerprint density at radius 2 is 1.89 bits per heavy atom. The zero-order valence-electron chi connectivity index (χ0n) is 20.5. The number of nitrogens with one attached hydrogen (secondary N) is 1. The molecule has 8 nitrogen and oxygen atoms in total. The Bertz CT molecular complexity index is 1700. The van der Waals surface area contributed by atoms with Crippen LogP contribution in [0.25, 0.3) is 32.6 Å². The van der Waals surface area contributed by atoms with Crippen molar-refractivity contribution in [3.05, 3.63) is 83.6 Å².